The second-order valence-corrected chi connectivity index (χ2v) is 9.54. The minimum Gasteiger partial charge on any atom is -0.355 e. The summed E-state index contributed by atoms with van der Waals surface area (Å²) in [5, 5.41) is 6.92. The zero-order valence-electron chi connectivity index (χ0n) is 17.6. The molecule has 0 radical (unpaired) electrons. The zero-order valence-corrected chi connectivity index (χ0v) is 20.7. The van der Waals surface area contributed by atoms with Crippen molar-refractivity contribution in [3.63, 3.8) is 0 Å². The highest BCUT2D eigenvalue weighted by atomic mass is 127. The van der Waals surface area contributed by atoms with Crippen molar-refractivity contribution in [1.29, 1.82) is 0 Å². The second kappa shape index (κ2) is 10.5. The first-order valence-corrected chi connectivity index (χ1v) is 11.2. The van der Waals surface area contributed by atoms with Gasteiger partial charge < -0.3 is 15.2 Å². The predicted molar refractivity (Wildman–Crippen MR) is 139 cm³/mol. The highest BCUT2D eigenvalue weighted by molar-refractivity contribution is 14.0. The molecular weight excluding hydrogens is 505 g/mol. The number of nitrogens with zero attached hydrogens (tertiary/aromatic N) is 3. The van der Waals surface area contributed by atoms with Crippen LogP contribution in [0.15, 0.2) is 59.9 Å². The summed E-state index contributed by atoms with van der Waals surface area (Å²) in [4.78, 5) is 8.84. The topological polar surface area (TPSA) is 54.2 Å². The Hall–Kier alpha value is -1.74. The third-order valence-electron chi connectivity index (χ3n) is 5.52. The highest BCUT2D eigenvalue weighted by Gasteiger charge is 2.29. The third kappa shape index (κ3) is 5.69. The van der Waals surface area contributed by atoms with Crippen molar-refractivity contribution in [2.24, 2.45) is 4.99 Å². The molecule has 4 rings (SSSR count). The minimum atomic E-state index is 0. The van der Waals surface area contributed by atoms with Gasteiger partial charge >= 0.3 is 0 Å². The van der Waals surface area contributed by atoms with Gasteiger partial charge in [0.1, 0.15) is 0 Å². The zero-order chi connectivity index (χ0) is 20.1. The summed E-state index contributed by atoms with van der Waals surface area (Å²) < 4.78 is 2.52. The maximum absolute atomic E-state index is 4.47. The number of benzene rings is 2. The van der Waals surface area contributed by atoms with Gasteiger partial charge in [-0.25, -0.2) is 4.98 Å². The summed E-state index contributed by atoms with van der Waals surface area (Å²) in [7, 11) is 1.83. The van der Waals surface area contributed by atoms with E-state index in [4.69, 9.17) is 0 Å². The van der Waals surface area contributed by atoms with Crippen molar-refractivity contribution < 1.29 is 0 Å². The lowest BCUT2D eigenvalue weighted by molar-refractivity contribution is 0.584. The molecule has 160 valence electrons. The molecule has 0 spiro atoms. The third-order valence-corrected chi connectivity index (χ3v) is 7.06. The molecule has 1 aliphatic heterocycles. The lowest BCUT2D eigenvalue weighted by atomic mass is 10.1. The first-order chi connectivity index (χ1) is 14.1. The Balaban J connectivity index is 0.00000256. The number of halogens is 1. The summed E-state index contributed by atoms with van der Waals surface area (Å²) in [5.74, 6) is 2.14. The van der Waals surface area contributed by atoms with E-state index in [0.29, 0.717) is 4.75 Å². The van der Waals surface area contributed by atoms with Crippen LogP contribution in [0.1, 0.15) is 30.9 Å². The first kappa shape index (κ1) is 22.9. The molecule has 0 saturated carbocycles. The van der Waals surface area contributed by atoms with Crippen LogP contribution in [0.25, 0.3) is 11.0 Å². The van der Waals surface area contributed by atoms with Gasteiger partial charge in [0, 0.05) is 31.4 Å². The lowest BCUT2D eigenvalue weighted by Crippen LogP contribution is -2.43. The van der Waals surface area contributed by atoms with Crippen molar-refractivity contribution in [3.05, 3.63) is 66.0 Å². The highest BCUT2D eigenvalue weighted by Crippen LogP contribution is 2.36. The quantitative estimate of drug-likeness (QED) is 0.274. The minimum absolute atomic E-state index is 0. The molecule has 7 heteroatoms. The van der Waals surface area contributed by atoms with Gasteiger partial charge in [-0.15, -0.1) is 24.0 Å². The van der Waals surface area contributed by atoms with Crippen molar-refractivity contribution in [2.75, 3.05) is 19.3 Å². The second-order valence-electron chi connectivity index (χ2n) is 7.86. The summed E-state index contributed by atoms with van der Waals surface area (Å²) in [6.07, 6.45) is 4.50. The largest absolute Gasteiger partial charge is 0.355 e. The normalized spacial score (nSPS) is 18.9. The van der Waals surface area contributed by atoms with Crippen molar-refractivity contribution in [3.8, 4) is 0 Å². The monoisotopic (exact) mass is 535 g/mol. The fourth-order valence-electron chi connectivity index (χ4n) is 3.75. The Bertz CT molecular complexity index is 977. The number of fused-ring (bicyclic) bond motifs is 1. The molecule has 2 heterocycles. The maximum Gasteiger partial charge on any atom is 0.191 e. The molecule has 3 aromatic rings. The van der Waals surface area contributed by atoms with Crippen LogP contribution in [0.4, 0.5) is 0 Å². The van der Waals surface area contributed by atoms with E-state index in [9.17, 15) is 0 Å². The Kier molecular flexibility index (Phi) is 8.05. The molecule has 1 atom stereocenters. The maximum atomic E-state index is 4.47. The molecule has 0 amide bonds. The van der Waals surface area contributed by atoms with Gasteiger partial charge in [-0.3, -0.25) is 4.99 Å². The number of para-hydroxylation sites is 2. The number of rotatable bonds is 6. The van der Waals surface area contributed by atoms with Gasteiger partial charge in [-0.1, -0.05) is 36.4 Å². The van der Waals surface area contributed by atoms with Crippen LogP contribution in [0.5, 0.6) is 0 Å². The molecule has 30 heavy (non-hydrogen) atoms. The average molecular weight is 535 g/mol. The van der Waals surface area contributed by atoms with E-state index >= 15 is 0 Å². The standard InChI is InChI=1S/C23H29N5S.HI/c1-23(12-5-13-29-23)16-26-22(24-2)25-14-18-8-10-19(11-9-18)15-28-17-27-20-6-3-4-7-21(20)28;/h3-4,6-11,17H,5,12-16H2,1-2H3,(H2,24,25,26);1H. The Morgan fingerprint density at radius 1 is 1.13 bits per heavy atom. The molecule has 0 bridgehead atoms. The van der Waals surface area contributed by atoms with Gasteiger partial charge in [-0.2, -0.15) is 11.8 Å². The van der Waals surface area contributed by atoms with Crippen molar-refractivity contribution >= 4 is 52.7 Å². The van der Waals surface area contributed by atoms with Crippen molar-refractivity contribution in [2.45, 2.75) is 37.6 Å². The Labute approximate surface area is 200 Å². The molecule has 2 aromatic carbocycles. The van der Waals surface area contributed by atoms with E-state index < -0.39 is 0 Å². The van der Waals surface area contributed by atoms with Gasteiger partial charge in [-0.05, 0) is 48.8 Å². The van der Waals surface area contributed by atoms with E-state index in [1.807, 2.05) is 25.5 Å². The van der Waals surface area contributed by atoms with Crippen LogP contribution in [0.2, 0.25) is 0 Å². The predicted octanol–water partition coefficient (Wildman–Crippen LogP) is 4.65. The number of hydrogen-bond acceptors (Lipinski definition) is 3. The van der Waals surface area contributed by atoms with Crippen LogP contribution in [0.3, 0.4) is 0 Å². The lowest BCUT2D eigenvalue weighted by Gasteiger charge is -2.24. The van der Waals surface area contributed by atoms with E-state index in [0.717, 1.165) is 31.1 Å². The molecule has 5 nitrogen and oxygen atoms in total. The van der Waals surface area contributed by atoms with Crippen LogP contribution in [-0.4, -0.2) is 39.6 Å². The number of imidazole rings is 1. The van der Waals surface area contributed by atoms with Gasteiger partial charge in [0.05, 0.1) is 17.4 Å². The molecule has 1 unspecified atom stereocenters. The number of thioether (sulfide) groups is 1. The molecule has 2 N–H and O–H groups in total. The molecular formula is C23H30IN5S. The Morgan fingerprint density at radius 2 is 1.90 bits per heavy atom. The number of nitrogens with one attached hydrogen (secondary N) is 2. The molecule has 0 aliphatic carbocycles. The molecule has 1 aromatic heterocycles. The summed E-state index contributed by atoms with van der Waals surface area (Å²) in [6, 6.07) is 17.0. The average Bonchev–Trinajstić information content (AvgIpc) is 3.36. The van der Waals surface area contributed by atoms with E-state index in [2.05, 4.69) is 80.3 Å². The SMILES string of the molecule is CN=C(NCc1ccc(Cn2cnc3ccccc32)cc1)NCC1(C)CCCS1.I. The van der Waals surface area contributed by atoms with Crippen LogP contribution in [-0.2, 0) is 13.1 Å². The van der Waals surface area contributed by atoms with Crippen LogP contribution >= 0.6 is 35.7 Å². The van der Waals surface area contributed by atoms with Crippen LogP contribution in [0, 0.1) is 0 Å². The fourth-order valence-corrected chi connectivity index (χ4v) is 4.99. The van der Waals surface area contributed by atoms with Gasteiger partial charge in [0.25, 0.3) is 0 Å². The smallest absolute Gasteiger partial charge is 0.191 e. The summed E-state index contributed by atoms with van der Waals surface area (Å²) >= 11 is 2.06. The molecule has 1 fully saturated rings. The number of hydrogen-bond donors (Lipinski definition) is 2. The summed E-state index contributed by atoms with van der Waals surface area (Å²) in [6.45, 7) is 4.88. The molecule has 1 saturated heterocycles. The van der Waals surface area contributed by atoms with Crippen LogP contribution < -0.4 is 10.6 Å². The van der Waals surface area contributed by atoms with Crippen molar-refractivity contribution in [1.82, 2.24) is 20.2 Å². The fraction of sp³-hybridized carbons (Fsp3) is 0.391. The number of aromatic nitrogens is 2. The van der Waals surface area contributed by atoms with E-state index in [-0.39, 0.29) is 24.0 Å². The van der Waals surface area contributed by atoms with E-state index in [1.165, 1.54) is 35.2 Å². The first-order valence-electron chi connectivity index (χ1n) is 10.2. The Morgan fingerprint density at radius 3 is 2.63 bits per heavy atom. The van der Waals surface area contributed by atoms with Gasteiger partial charge in [0.2, 0.25) is 0 Å². The number of guanidine groups is 1. The number of aliphatic imine (C=N–C) groups is 1. The van der Waals surface area contributed by atoms with E-state index in [1.54, 1.807) is 0 Å². The summed E-state index contributed by atoms with van der Waals surface area (Å²) in [5.41, 5.74) is 4.72. The van der Waals surface area contributed by atoms with Gasteiger partial charge in [0.15, 0.2) is 5.96 Å². The molecule has 1 aliphatic rings.